The second-order valence-electron chi connectivity index (χ2n) is 3.39. The van der Waals surface area contributed by atoms with Gasteiger partial charge < -0.3 is 0 Å². The normalized spacial score (nSPS) is 20.3. The van der Waals surface area contributed by atoms with Crippen LogP contribution in [-0.2, 0) is 17.9 Å². The Balaban J connectivity index is 2.24. The highest BCUT2D eigenvalue weighted by atomic mass is 32.2. The molecule has 1 heterocycles. The molecule has 13 heavy (non-hydrogen) atoms. The van der Waals surface area contributed by atoms with E-state index in [1.807, 2.05) is 11.8 Å². The Bertz CT molecular complexity index is 314. The molecule has 1 atom stereocenters. The third kappa shape index (κ3) is 1.88. The molecule has 0 spiro atoms. The summed E-state index contributed by atoms with van der Waals surface area (Å²) >= 11 is 1.93. The van der Waals surface area contributed by atoms with Crippen LogP contribution < -0.4 is 5.90 Å². The first-order valence-corrected chi connectivity index (χ1v) is 5.27. The second kappa shape index (κ2) is 3.70. The van der Waals surface area contributed by atoms with Crippen LogP contribution in [0.3, 0.4) is 0 Å². The Morgan fingerprint density at radius 2 is 2.46 bits per heavy atom. The van der Waals surface area contributed by atoms with E-state index in [1.165, 1.54) is 16.9 Å². The minimum Gasteiger partial charge on any atom is -0.300 e. The number of fused-ring (bicyclic) bond motifs is 1. The van der Waals surface area contributed by atoms with Crippen molar-refractivity contribution in [2.24, 2.45) is 5.90 Å². The fraction of sp³-hybridized carbons (Fsp3) is 0.400. The van der Waals surface area contributed by atoms with Crippen LogP contribution in [-0.4, -0.2) is 5.25 Å². The van der Waals surface area contributed by atoms with E-state index in [-0.39, 0.29) is 0 Å². The van der Waals surface area contributed by atoms with Crippen molar-refractivity contribution < 1.29 is 4.84 Å². The van der Waals surface area contributed by atoms with E-state index in [0.29, 0.717) is 11.9 Å². The average molecular weight is 195 g/mol. The molecule has 1 aliphatic rings. The Hall–Kier alpha value is -0.510. The van der Waals surface area contributed by atoms with E-state index in [9.17, 15) is 0 Å². The molecule has 0 aliphatic carbocycles. The van der Waals surface area contributed by atoms with E-state index in [4.69, 9.17) is 5.90 Å². The summed E-state index contributed by atoms with van der Waals surface area (Å²) in [5.74, 6) is 5.03. The van der Waals surface area contributed by atoms with Crippen LogP contribution >= 0.6 is 11.8 Å². The van der Waals surface area contributed by atoms with Crippen molar-refractivity contribution in [2.45, 2.75) is 30.1 Å². The number of hydrogen-bond acceptors (Lipinski definition) is 3. The van der Waals surface area contributed by atoms with Crippen LogP contribution in [0.4, 0.5) is 0 Å². The molecule has 3 heteroatoms. The van der Waals surface area contributed by atoms with Crippen molar-refractivity contribution in [1.29, 1.82) is 0 Å². The molecule has 1 unspecified atom stereocenters. The van der Waals surface area contributed by atoms with E-state index in [1.54, 1.807) is 0 Å². The van der Waals surface area contributed by atoms with Gasteiger partial charge in [-0.05, 0) is 23.6 Å². The van der Waals surface area contributed by atoms with Gasteiger partial charge in [0.05, 0.1) is 6.61 Å². The maximum atomic E-state index is 5.03. The Kier molecular flexibility index (Phi) is 2.58. The fourth-order valence-corrected chi connectivity index (χ4v) is 2.85. The SMILES string of the molecule is CC1Cc2ccc(CON)cc2S1. The summed E-state index contributed by atoms with van der Waals surface area (Å²) in [4.78, 5) is 6.00. The molecule has 1 aromatic carbocycles. The zero-order valence-electron chi connectivity index (χ0n) is 7.62. The average Bonchev–Trinajstić information content (AvgIpc) is 2.44. The lowest BCUT2D eigenvalue weighted by Crippen LogP contribution is -1.98. The number of rotatable bonds is 2. The van der Waals surface area contributed by atoms with Crippen molar-refractivity contribution in [2.75, 3.05) is 0 Å². The molecule has 0 bridgehead atoms. The second-order valence-corrected chi connectivity index (χ2v) is 4.87. The van der Waals surface area contributed by atoms with E-state index in [0.717, 1.165) is 5.56 Å². The summed E-state index contributed by atoms with van der Waals surface area (Å²) in [6.45, 7) is 2.76. The molecular weight excluding hydrogens is 182 g/mol. The van der Waals surface area contributed by atoms with Crippen molar-refractivity contribution in [1.82, 2.24) is 0 Å². The van der Waals surface area contributed by atoms with Gasteiger partial charge in [0.2, 0.25) is 0 Å². The molecule has 0 fully saturated rings. The smallest absolute Gasteiger partial charge is 0.0930 e. The van der Waals surface area contributed by atoms with Crippen LogP contribution in [0.5, 0.6) is 0 Å². The molecular formula is C10H13NOS. The minimum atomic E-state index is 0.502. The highest BCUT2D eigenvalue weighted by molar-refractivity contribution is 8.00. The maximum Gasteiger partial charge on any atom is 0.0930 e. The minimum absolute atomic E-state index is 0.502. The Labute approximate surface area is 82.4 Å². The topological polar surface area (TPSA) is 35.2 Å². The molecule has 0 saturated carbocycles. The fourth-order valence-electron chi connectivity index (χ4n) is 1.63. The van der Waals surface area contributed by atoms with Crippen LogP contribution in [0.1, 0.15) is 18.1 Å². The summed E-state index contributed by atoms with van der Waals surface area (Å²) in [7, 11) is 0. The molecule has 2 N–H and O–H groups in total. The van der Waals surface area contributed by atoms with Gasteiger partial charge in [-0.1, -0.05) is 19.1 Å². The predicted molar refractivity (Wildman–Crippen MR) is 54.4 cm³/mol. The molecule has 1 aliphatic heterocycles. The zero-order valence-corrected chi connectivity index (χ0v) is 8.43. The van der Waals surface area contributed by atoms with E-state index < -0.39 is 0 Å². The number of thioether (sulfide) groups is 1. The molecule has 0 amide bonds. The number of hydrogen-bond donors (Lipinski definition) is 1. The standard InChI is InChI=1S/C10H13NOS/c1-7-4-9-3-2-8(6-12-11)5-10(9)13-7/h2-3,5,7H,4,6,11H2,1H3. The van der Waals surface area contributed by atoms with Crippen molar-refractivity contribution in [3.8, 4) is 0 Å². The Morgan fingerprint density at radius 1 is 1.62 bits per heavy atom. The summed E-state index contributed by atoms with van der Waals surface area (Å²) < 4.78 is 0. The van der Waals surface area contributed by atoms with Gasteiger partial charge in [-0.15, -0.1) is 11.8 Å². The monoisotopic (exact) mass is 195 g/mol. The lowest BCUT2D eigenvalue weighted by atomic mass is 10.1. The molecule has 2 rings (SSSR count). The summed E-state index contributed by atoms with van der Waals surface area (Å²) in [6, 6.07) is 6.45. The first-order chi connectivity index (χ1) is 6.29. The van der Waals surface area contributed by atoms with Gasteiger partial charge >= 0.3 is 0 Å². The number of benzene rings is 1. The molecule has 70 valence electrons. The van der Waals surface area contributed by atoms with Gasteiger partial charge in [0.15, 0.2) is 0 Å². The molecule has 0 radical (unpaired) electrons. The third-order valence-electron chi connectivity index (χ3n) is 2.22. The summed E-state index contributed by atoms with van der Waals surface area (Å²) in [6.07, 6.45) is 1.18. The lowest BCUT2D eigenvalue weighted by molar-refractivity contribution is 0.124. The zero-order chi connectivity index (χ0) is 9.26. The highest BCUT2D eigenvalue weighted by Gasteiger charge is 2.18. The third-order valence-corrected chi connectivity index (χ3v) is 3.42. The predicted octanol–water partition coefficient (Wildman–Crippen LogP) is 2.11. The lowest BCUT2D eigenvalue weighted by Gasteiger charge is -2.01. The van der Waals surface area contributed by atoms with E-state index >= 15 is 0 Å². The highest BCUT2D eigenvalue weighted by Crippen LogP contribution is 2.37. The van der Waals surface area contributed by atoms with Gasteiger partial charge in [0.25, 0.3) is 0 Å². The van der Waals surface area contributed by atoms with E-state index in [2.05, 4.69) is 30.0 Å². The van der Waals surface area contributed by atoms with Crippen molar-refractivity contribution in [3.05, 3.63) is 29.3 Å². The number of nitrogens with two attached hydrogens (primary N) is 1. The first kappa shape index (κ1) is 9.06. The molecule has 1 aromatic rings. The first-order valence-electron chi connectivity index (χ1n) is 4.39. The van der Waals surface area contributed by atoms with Crippen molar-refractivity contribution in [3.63, 3.8) is 0 Å². The van der Waals surface area contributed by atoms with Gasteiger partial charge in [-0.3, -0.25) is 4.84 Å². The largest absolute Gasteiger partial charge is 0.300 e. The van der Waals surface area contributed by atoms with Gasteiger partial charge in [-0.25, -0.2) is 5.90 Å². The summed E-state index contributed by atoms with van der Waals surface area (Å²) in [5, 5.41) is 0.712. The molecule has 2 nitrogen and oxygen atoms in total. The van der Waals surface area contributed by atoms with Crippen LogP contribution in [0, 0.1) is 0 Å². The van der Waals surface area contributed by atoms with Crippen LogP contribution in [0.15, 0.2) is 23.1 Å². The van der Waals surface area contributed by atoms with Crippen LogP contribution in [0.25, 0.3) is 0 Å². The van der Waals surface area contributed by atoms with Crippen molar-refractivity contribution >= 4 is 11.8 Å². The van der Waals surface area contributed by atoms with Gasteiger partial charge in [0.1, 0.15) is 0 Å². The van der Waals surface area contributed by atoms with Crippen LogP contribution in [0.2, 0.25) is 0 Å². The summed E-state index contributed by atoms with van der Waals surface area (Å²) in [5.41, 5.74) is 2.61. The molecule has 0 aromatic heterocycles. The Morgan fingerprint density at radius 3 is 3.23 bits per heavy atom. The van der Waals surface area contributed by atoms with Gasteiger partial charge in [-0.2, -0.15) is 0 Å². The maximum absolute atomic E-state index is 5.03. The van der Waals surface area contributed by atoms with Gasteiger partial charge in [0, 0.05) is 10.1 Å². The quantitative estimate of drug-likeness (QED) is 0.734. The molecule has 0 saturated heterocycles.